The number of amides is 1. The lowest BCUT2D eigenvalue weighted by Gasteiger charge is -2.17. The van der Waals surface area contributed by atoms with E-state index in [1.807, 2.05) is 74.5 Å². The normalized spacial score (nSPS) is 10.6. The highest BCUT2D eigenvalue weighted by atomic mass is 16.2. The van der Waals surface area contributed by atoms with Crippen LogP contribution in [0.4, 0.5) is 5.69 Å². The van der Waals surface area contributed by atoms with Gasteiger partial charge in [0.05, 0.1) is 0 Å². The van der Waals surface area contributed by atoms with E-state index < -0.39 is 0 Å². The highest BCUT2D eigenvalue weighted by Crippen LogP contribution is 2.24. The lowest BCUT2D eigenvalue weighted by molar-refractivity contribution is -0.118. The Morgan fingerprint density at radius 1 is 0.900 bits per heavy atom. The number of Topliss-reactive ketones (excluding diaryl/α,β-unsaturated/α-hetero) is 1. The third kappa shape index (κ3) is 5.20. The maximum atomic E-state index is 12.6. The molecule has 0 saturated carbocycles. The minimum Gasteiger partial charge on any atom is -0.316 e. The van der Waals surface area contributed by atoms with Crippen molar-refractivity contribution in [3.63, 3.8) is 0 Å². The van der Waals surface area contributed by atoms with Crippen LogP contribution in [0.3, 0.4) is 0 Å². The van der Waals surface area contributed by atoms with E-state index in [1.165, 1.54) is 0 Å². The Labute approximate surface area is 178 Å². The smallest absolute Gasteiger partial charge is 0.226 e. The van der Waals surface area contributed by atoms with Crippen LogP contribution in [0, 0.1) is 6.92 Å². The van der Waals surface area contributed by atoms with Gasteiger partial charge in [0.2, 0.25) is 5.91 Å². The van der Waals surface area contributed by atoms with Crippen LogP contribution in [-0.4, -0.2) is 23.7 Å². The molecule has 0 aliphatic carbocycles. The Morgan fingerprint density at radius 3 is 2.13 bits per heavy atom. The summed E-state index contributed by atoms with van der Waals surface area (Å²) in [5.41, 5.74) is 5.80. The van der Waals surface area contributed by atoms with Gasteiger partial charge in [-0.25, -0.2) is 0 Å². The number of pyridine rings is 1. The Kier molecular flexibility index (Phi) is 7.12. The number of anilines is 1. The number of hydrogen-bond acceptors (Lipinski definition) is 3. The van der Waals surface area contributed by atoms with Gasteiger partial charge in [0, 0.05) is 43.0 Å². The predicted molar refractivity (Wildman–Crippen MR) is 122 cm³/mol. The molecule has 0 aliphatic rings. The van der Waals surface area contributed by atoms with Crippen molar-refractivity contribution < 1.29 is 9.59 Å². The molecule has 1 heterocycles. The lowest BCUT2D eigenvalue weighted by atomic mass is 9.99. The Bertz CT molecular complexity index is 1010. The monoisotopic (exact) mass is 400 g/mol. The predicted octanol–water partition coefficient (Wildman–Crippen LogP) is 5.64. The Morgan fingerprint density at radius 2 is 1.53 bits per heavy atom. The van der Waals surface area contributed by atoms with Crippen molar-refractivity contribution in [2.24, 2.45) is 0 Å². The van der Waals surface area contributed by atoms with Crippen molar-refractivity contribution in [3.05, 3.63) is 83.7 Å². The molecule has 0 N–H and O–H groups in total. The summed E-state index contributed by atoms with van der Waals surface area (Å²) in [5.74, 6) is 0.255. The summed E-state index contributed by atoms with van der Waals surface area (Å²) < 4.78 is 0. The number of nitrogens with zero attached hydrogens (tertiary/aromatic N) is 2. The molecule has 0 radical (unpaired) electrons. The van der Waals surface area contributed by atoms with E-state index >= 15 is 0 Å². The maximum absolute atomic E-state index is 12.6. The molecule has 1 aromatic heterocycles. The molecule has 0 atom stereocenters. The molecular weight excluding hydrogens is 372 g/mol. The average molecular weight is 401 g/mol. The van der Waals surface area contributed by atoms with E-state index in [9.17, 15) is 9.59 Å². The first-order chi connectivity index (χ1) is 14.5. The van der Waals surface area contributed by atoms with Crippen LogP contribution in [0.15, 0.2) is 66.9 Å². The molecule has 0 bridgehead atoms. The van der Waals surface area contributed by atoms with Crippen LogP contribution in [0.2, 0.25) is 0 Å². The number of carbonyl (C=O) groups excluding carboxylic acids is 2. The first-order valence-electron chi connectivity index (χ1n) is 10.4. The van der Waals surface area contributed by atoms with Gasteiger partial charge in [0.25, 0.3) is 0 Å². The molecule has 154 valence electrons. The second kappa shape index (κ2) is 9.97. The quantitative estimate of drug-likeness (QED) is 0.460. The van der Waals surface area contributed by atoms with Crippen LogP contribution in [0.1, 0.15) is 47.8 Å². The number of benzene rings is 2. The third-order valence-electron chi connectivity index (χ3n) is 5.37. The van der Waals surface area contributed by atoms with Gasteiger partial charge < -0.3 is 4.90 Å². The fourth-order valence-corrected chi connectivity index (χ4v) is 3.43. The minimum atomic E-state index is 0.120. The highest BCUT2D eigenvalue weighted by Gasteiger charge is 2.11. The number of ketones is 1. The molecule has 30 heavy (non-hydrogen) atoms. The van der Waals surface area contributed by atoms with Crippen molar-refractivity contribution in [1.82, 2.24) is 4.98 Å². The van der Waals surface area contributed by atoms with Gasteiger partial charge in [-0.15, -0.1) is 0 Å². The number of aromatic nitrogens is 1. The van der Waals surface area contributed by atoms with Crippen LogP contribution in [0.25, 0.3) is 11.1 Å². The molecule has 0 saturated heterocycles. The number of rotatable bonds is 8. The number of carbonyl (C=O) groups is 2. The molecule has 1 amide bonds. The van der Waals surface area contributed by atoms with Crippen LogP contribution in [0.5, 0.6) is 0 Å². The van der Waals surface area contributed by atoms with Crippen molar-refractivity contribution in [2.45, 2.75) is 39.5 Å². The summed E-state index contributed by atoms with van der Waals surface area (Å²) in [4.78, 5) is 30.6. The lowest BCUT2D eigenvalue weighted by Crippen LogP contribution is -2.25. The first-order valence-corrected chi connectivity index (χ1v) is 10.4. The van der Waals surface area contributed by atoms with Crippen molar-refractivity contribution >= 4 is 17.4 Å². The van der Waals surface area contributed by atoms with E-state index in [1.54, 1.807) is 18.1 Å². The molecule has 3 aromatic rings. The second-order valence-corrected chi connectivity index (χ2v) is 7.50. The summed E-state index contributed by atoms with van der Waals surface area (Å²) in [6.07, 6.45) is 4.33. The van der Waals surface area contributed by atoms with Gasteiger partial charge in [-0.05, 0) is 54.7 Å². The minimum absolute atomic E-state index is 0.120. The topological polar surface area (TPSA) is 50.3 Å². The van der Waals surface area contributed by atoms with Crippen LogP contribution >= 0.6 is 0 Å². The van der Waals surface area contributed by atoms with Crippen LogP contribution in [-0.2, 0) is 11.2 Å². The average Bonchev–Trinajstić information content (AvgIpc) is 2.78. The van der Waals surface area contributed by atoms with Gasteiger partial charge in [0.15, 0.2) is 5.78 Å². The van der Waals surface area contributed by atoms with Gasteiger partial charge in [0.1, 0.15) is 0 Å². The molecule has 3 rings (SSSR count). The zero-order chi connectivity index (χ0) is 21.5. The first kappa shape index (κ1) is 21.4. The van der Waals surface area contributed by atoms with E-state index in [0.717, 1.165) is 40.1 Å². The Hall–Kier alpha value is -3.27. The van der Waals surface area contributed by atoms with E-state index in [4.69, 9.17) is 0 Å². The summed E-state index contributed by atoms with van der Waals surface area (Å²) in [5, 5.41) is 0. The second-order valence-electron chi connectivity index (χ2n) is 7.50. The van der Waals surface area contributed by atoms with Gasteiger partial charge in [-0.3, -0.25) is 14.6 Å². The summed E-state index contributed by atoms with van der Waals surface area (Å²) in [7, 11) is 1.81. The van der Waals surface area contributed by atoms with Gasteiger partial charge in [-0.1, -0.05) is 49.4 Å². The van der Waals surface area contributed by atoms with E-state index in [2.05, 4.69) is 4.98 Å². The molecule has 2 aromatic carbocycles. The summed E-state index contributed by atoms with van der Waals surface area (Å²) in [6.45, 7) is 3.97. The highest BCUT2D eigenvalue weighted by molar-refractivity contribution is 5.96. The number of aryl methyl sites for hydroxylation is 2. The number of hydrogen-bond donors (Lipinski definition) is 0. The van der Waals surface area contributed by atoms with Crippen molar-refractivity contribution in [3.8, 4) is 11.1 Å². The van der Waals surface area contributed by atoms with Gasteiger partial charge >= 0.3 is 0 Å². The fraction of sp³-hybridized carbons (Fsp3) is 0.269. The molecule has 0 aliphatic heterocycles. The molecule has 4 nitrogen and oxygen atoms in total. The zero-order valence-corrected chi connectivity index (χ0v) is 17.9. The van der Waals surface area contributed by atoms with Crippen molar-refractivity contribution in [1.29, 1.82) is 0 Å². The zero-order valence-electron chi connectivity index (χ0n) is 17.9. The standard InChI is InChI=1S/C26H28N2O2/c1-4-6-26(30)28(3)24-15-12-22(13-16-24)21-8-10-23(11-9-21)25(29)17-14-20-7-5-18-27-19(20)2/h5,7-13,15-16,18H,4,6,14,17H2,1-3H3. The molecule has 4 heteroatoms. The maximum Gasteiger partial charge on any atom is 0.226 e. The molecule has 0 fully saturated rings. The molecule has 0 spiro atoms. The molecular formula is C26H28N2O2. The molecule has 0 unspecified atom stereocenters. The Balaban J connectivity index is 1.64. The van der Waals surface area contributed by atoms with Crippen LogP contribution < -0.4 is 4.90 Å². The third-order valence-corrected chi connectivity index (χ3v) is 5.37. The van der Waals surface area contributed by atoms with E-state index in [0.29, 0.717) is 19.3 Å². The summed E-state index contributed by atoms with van der Waals surface area (Å²) in [6, 6.07) is 19.6. The SMILES string of the molecule is CCCC(=O)N(C)c1ccc(-c2ccc(C(=O)CCc3cccnc3C)cc2)cc1. The fourth-order valence-electron chi connectivity index (χ4n) is 3.43. The van der Waals surface area contributed by atoms with Crippen molar-refractivity contribution in [2.75, 3.05) is 11.9 Å². The van der Waals surface area contributed by atoms with E-state index in [-0.39, 0.29) is 11.7 Å². The van der Waals surface area contributed by atoms with Gasteiger partial charge in [-0.2, -0.15) is 0 Å². The summed E-state index contributed by atoms with van der Waals surface area (Å²) >= 11 is 0. The largest absolute Gasteiger partial charge is 0.316 e.